The van der Waals surface area contributed by atoms with Crippen LogP contribution in [0.25, 0.3) is 10.1 Å². The van der Waals surface area contributed by atoms with Gasteiger partial charge in [0, 0.05) is 11.1 Å². The van der Waals surface area contributed by atoms with E-state index in [0.29, 0.717) is 12.2 Å². The Labute approximate surface area is 140 Å². The van der Waals surface area contributed by atoms with Crippen molar-refractivity contribution in [3.8, 4) is 5.75 Å². The van der Waals surface area contributed by atoms with E-state index in [0.717, 1.165) is 24.0 Å². The zero-order valence-electron chi connectivity index (χ0n) is 13.4. The van der Waals surface area contributed by atoms with Crippen molar-refractivity contribution in [2.24, 2.45) is 0 Å². The van der Waals surface area contributed by atoms with E-state index in [-0.39, 0.29) is 5.78 Å². The molecule has 3 rings (SSSR count). The average molecular weight is 324 g/mol. The van der Waals surface area contributed by atoms with Crippen LogP contribution in [0.3, 0.4) is 0 Å². The molecule has 0 spiro atoms. The Hall–Kier alpha value is -2.13. The van der Waals surface area contributed by atoms with Gasteiger partial charge >= 0.3 is 0 Å². The van der Waals surface area contributed by atoms with E-state index >= 15 is 0 Å². The van der Waals surface area contributed by atoms with E-state index in [1.54, 1.807) is 24.3 Å². The van der Waals surface area contributed by atoms with Crippen molar-refractivity contribution >= 4 is 27.2 Å². The molecule has 1 N–H and O–H groups in total. The Morgan fingerprint density at radius 1 is 1.09 bits per heavy atom. The van der Waals surface area contributed by atoms with Gasteiger partial charge in [-0.2, -0.15) is 0 Å². The molecule has 0 radical (unpaired) electrons. The van der Waals surface area contributed by atoms with Gasteiger partial charge in [-0.25, -0.2) is 0 Å². The number of fused-ring (bicyclic) bond motifs is 1. The van der Waals surface area contributed by atoms with E-state index in [1.807, 2.05) is 19.1 Å². The molecule has 0 atom stereocenters. The van der Waals surface area contributed by atoms with Crippen LogP contribution < -0.4 is 0 Å². The van der Waals surface area contributed by atoms with Crippen molar-refractivity contribution in [1.82, 2.24) is 0 Å². The second kappa shape index (κ2) is 6.55. The van der Waals surface area contributed by atoms with Crippen LogP contribution in [0.1, 0.15) is 29.2 Å². The lowest BCUT2D eigenvalue weighted by Crippen LogP contribution is -1.95. The van der Waals surface area contributed by atoms with Crippen molar-refractivity contribution in [1.29, 1.82) is 0 Å². The molecule has 0 amide bonds. The molecule has 2 aromatic carbocycles. The maximum atomic E-state index is 11.3. The summed E-state index contributed by atoms with van der Waals surface area (Å²) in [4.78, 5) is 11.3. The molecule has 0 saturated carbocycles. The lowest BCUT2D eigenvalue weighted by atomic mass is 9.99. The Kier molecular flexibility index (Phi) is 4.49. The minimum Gasteiger partial charge on any atom is -0.508 e. The Bertz CT molecular complexity index is 861. The predicted molar refractivity (Wildman–Crippen MR) is 96.5 cm³/mol. The van der Waals surface area contributed by atoms with E-state index in [2.05, 4.69) is 23.6 Å². The number of carbonyl (C=O) groups is 1. The number of thiophene rings is 1. The van der Waals surface area contributed by atoms with Crippen molar-refractivity contribution in [3.05, 3.63) is 64.0 Å². The van der Waals surface area contributed by atoms with Gasteiger partial charge in [-0.05, 0) is 77.9 Å². The number of phenols is 1. The van der Waals surface area contributed by atoms with E-state index in [9.17, 15) is 9.90 Å². The summed E-state index contributed by atoms with van der Waals surface area (Å²) in [6, 6.07) is 12.1. The lowest BCUT2D eigenvalue weighted by molar-refractivity contribution is -0.116. The summed E-state index contributed by atoms with van der Waals surface area (Å²) in [5, 5.41) is 12.8. The van der Waals surface area contributed by atoms with Gasteiger partial charge in [-0.15, -0.1) is 11.3 Å². The molecular formula is C20H20O2S. The van der Waals surface area contributed by atoms with Crippen LogP contribution in [0.4, 0.5) is 0 Å². The van der Waals surface area contributed by atoms with Crippen LogP contribution in [0.5, 0.6) is 5.75 Å². The summed E-state index contributed by atoms with van der Waals surface area (Å²) in [6.07, 6.45) is 2.46. The van der Waals surface area contributed by atoms with Gasteiger partial charge in [0.1, 0.15) is 11.5 Å². The monoisotopic (exact) mass is 324 g/mol. The highest BCUT2D eigenvalue weighted by Crippen LogP contribution is 2.28. The highest BCUT2D eigenvalue weighted by Gasteiger charge is 2.07. The lowest BCUT2D eigenvalue weighted by Gasteiger charge is -2.07. The number of aryl methyl sites for hydroxylation is 3. The standard InChI is InChI=1S/C20H20O2S/c1-13-9-18(22)7-6-16(13)5-3-15-4-8-19-17(10-14(2)21)12-23-20(19)11-15/h4,6-9,11-12,22H,3,5,10H2,1-2H3. The third kappa shape index (κ3) is 3.62. The molecule has 0 aliphatic heterocycles. The molecule has 0 saturated heterocycles. The Morgan fingerprint density at radius 3 is 2.65 bits per heavy atom. The zero-order chi connectivity index (χ0) is 16.4. The molecule has 3 heteroatoms. The van der Waals surface area contributed by atoms with Gasteiger partial charge in [0.05, 0.1) is 0 Å². The quantitative estimate of drug-likeness (QED) is 0.729. The van der Waals surface area contributed by atoms with Crippen molar-refractivity contribution in [2.75, 3.05) is 0 Å². The van der Waals surface area contributed by atoms with Crippen molar-refractivity contribution in [3.63, 3.8) is 0 Å². The van der Waals surface area contributed by atoms with Crippen LogP contribution in [-0.4, -0.2) is 10.9 Å². The SMILES string of the molecule is CC(=O)Cc1csc2cc(CCc3ccc(O)cc3C)ccc12. The molecule has 0 aliphatic carbocycles. The molecule has 118 valence electrons. The highest BCUT2D eigenvalue weighted by molar-refractivity contribution is 7.17. The van der Waals surface area contributed by atoms with Crippen LogP contribution in [0.15, 0.2) is 41.8 Å². The number of rotatable bonds is 5. The van der Waals surface area contributed by atoms with Crippen molar-refractivity contribution < 1.29 is 9.90 Å². The number of phenolic OH excluding ortho intramolecular Hbond substituents is 1. The van der Waals surface area contributed by atoms with Gasteiger partial charge in [0.25, 0.3) is 0 Å². The number of ketones is 1. The maximum Gasteiger partial charge on any atom is 0.134 e. The summed E-state index contributed by atoms with van der Waals surface area (Å²) in [5.74, 6) is 0.529. The molecule has 0 fully saturated rings. The molecule has 0 aliphatic rings. The Morgan fingerprint density at radius 2 is 1.91 bits per heavy atom. The van der Waals surface area contributed by atoms with E-state index in [4.69, 9.17) is 0 Å². The first kappa shape index (κ1) is 15.8. The predicted octanol–water partition coefficient (Wildman–Crippen LogP) is 4.83. The van der Waals surface area contributed by atoms with E-state index in [1.165, 1.54) is 21.2 Å². The number of carbonyl (C=O) groups excluding carboxylic acids is 1. The number of hydrogen-bond acceptors (Lipinski definition) is 3. The fourth-order valence-corrected chi connectivity index (χ4v) is 3.95. The van der Waals surface area contributed by atoms with Gasteiger partial charge in [-0.1, -0.05) is 18.2 Å². The largest absolute Gasteiger partial charge is 0.508 e. The summed E-state index contributed by atoms with van der Waals surface area (Å²) in [5.41, 5.74) is 4.84. The van der Waals surface area contributed by atoms with Gasteiger partial charge in [0.2, 0.25) is 0 Å². The smallest absolute Gasteiger partial charge is 0.134 e. The number of aromatic hydroxyl groups is 1. The summed E-state index contributed by atoms with van der Waals surface area (Å²) >= 11 is 1.71. The number of Topliss-reactive ketones (excluding diaryl/α,β-unsaturated/α-hetero) is 1. The fraction of sp³-hybridized carbons (Fsp3) is 0.250. The van der Waals surface area contributed by atoms with Crippen LogP contribution in [-0.2, 0) is 24.1 Å². The number of hydrogen-bond donors (Lipinski definition) is 1. The topological polar surface area (TPSA) is 37.3 Å². The maximum absolute atomic E-state index is 11.3. The molecule has 2 nitrogen and oxygen atoms in total. The minimum absolute atomic E-state index is 0.205. The molecule has 0 unspecified atom stereocenters. The molecule has 3 aromatic rings. The first-order valence-electron chi connectivity index (χ1n) is 7.80. The van der Waals surface area contributed by atoms with Gasteiger partial charge < -0.3 is 5.11 Å². The van der Waals surface area contributed by atoms with Crippen LogP contribution >= 0.6 is 11.3 Å². The summed E-state index contributed by atoms with van der Waals surface area (Å²) < 4.78 is 1.25. The van der Waals surface area contributed by atoms with Crippen LogP contribution in [0, 0.1) is 6.92 Å². The normalized spacial score (nSPS) is 11.0. The first-order valence-corrected chi connectivity index (χ1v) is 8.68. The number of benzene rings is 2. The fourth-order valence-electron chi connectivity index (χ4n) is 2.93. The third-order valence-corrected chi connectivity index (χ3v) is 5.16. The zero-order valence-corrected chi connectivity index (χ0v) is 14.2. The van der Waals surface area contributed by atoms with Crippen molar-refractivity contribution in [2.45, 2.75) is 33.1 Å². The molecule has 23 heavy (non-hydrogen) atoms. The Balaban J connectivity index is 1.77. The first-order chi connectivity index (χ1) is 11.0. The molecular weight excluding hydrogens is 304 g/mol. The molecule has 0 bridgehead atoms. The second-order valence-corrected chi connectivity index (χ2v) is 6.99. The van der Waals surface area contributed by atoms with Gasteiger partial charge in [0.15, 0.2) is 0 Å². The summed E-state index contributed by atoms with van der Waals surface area (Å²) in [7, 11) is 0. The summed E-state index contributed by atoms with van der Waals surface area (Å²) in [6.45, 7) is 3.67. The minimum atomic E-state index is 0.205. The molecule has 1 aromatic heterocycles. The van der Waals surface area contributed by atoms with Crippen LogP contribution in [0.2, 0.25) is 0 Å². The highest BCUT2D eigenvalue weighted by atomic mass is 32.1. The second-order valence-electron chi connectivity index (χ2n) is 6.08. The third-order valence-electron chi connectivity index (χ3n) is 4.17. The van der Waals surface area contributed by atoms with Gasteiger partial charge in [-0.3, -0.25) is 4.79 Å². The average Bonchev–Trinajstić information content (AvgIpc) is 2.88. The molecule has 1 heterocycles. The van der Waals surface area contributed by atoms with E-state index < -0.39 is 0 Å².